The number of halogens is 1. The van der Waals surface area contributed by atoms with Crippen LogP contribution in [-0.2, 0) is 23.2 Å². The van der Waals surface area contributed by atoms with E-state index in [9.17, 15) is 9.59 Å². The van der Waals surface area contributed by atoms with Crippen molar-refractivity contribution in [3.05, 3.63) is 47.0 Å². The summed E-state index contributed by atoms with van der Waals surface area (Å²) in [6.45, 7) is 0.232. The zero-order valence-corrected chi connectivity index (χ0v) is 14.2. The van der Waals surface area contributed by atoms with Crippen LogP contribution in [0.15, 0.2) is 30.6 Å². The van der Waals surface area contributed by atoms with Crippen LogP contribution in [0.5, 0.6) is 0 Å². The Labute approximate surface area is 144 Å². The van der Waals surface area contributed by atoms with Crippen LogP contribution in [0.1, 0.15) is 23.9 Å². The molecule has 0 spiro atoms. The van der Waals surface area contributed by atoms with Gasteiger partial charge in [0.1, 0.15) is 6.33 Å². The Morgan fingerprint density at radius 3 is 2.88 bits per heavy atom. The van der Waals surface area contributed by atoms with Gasteiger partial charge < -0.3 is 10.2 Å². The molecule has 2 heterocycles. The lowest BCUT2D eigenvalue weighted by molar-refractivity contribution is -0.128. The van der Waals surface area contributed by atoms with Gasteiger partial charge in [0.15, 0.2) is 5.82 Å². The number of likely N-dealkylation sites (tertiary alicyclic amines) is 1. The number of amides is 2. The highest BCUT2D eigenvalue weighted by atomic mass is 35.5. The molecular formula is C16H18ClN5O2. The van der Waals surface area contributed by atoms with Gasteiger partial charge in [-0.2, -0.15) is 5.10 Å². The molecule has 1 N–H and O–H groups in total. The first-order chi connectivity index (χ1) is 11.5. The van der Waals surface area contributed by atoms with Crippen molar-refractivity contribution >= 4 is 23.4 Å². The van der Waals surface area contributed by atoms with Crippen molar-refractivity contribution in [2.75, 3.05) is 7.05 Å². The second kappa shape index (κ2) is 6.60. The quantitative estimate of drug-likeness (QED) is 0.904. The highest BCUT2D eigenvalue weighted by Gasteiger charge is 2.42. The summed E-state index contributed by atoms with van der Waals surface area (Å²) in [6.07, 6.45) is 1.75. The molecule has 0 radical (unpaired) electrons. The van der Waals surface area contributed by atoms with Gasteiger partial charge >= 0.3 is 0 Å². The minimum absolute atomic E-state index is 0.0592. The highest BCUT2D eigenvalue weighted by Crippen LogP contribution is 2.37. The van der Waals surface area contributed by atoms with E-state index in [4.69, 9.17) is 11.6 Å². The molecule has 1 aliphatic rings. The number of benzene rings is 1. The Hall–Kier alpha value is -2.41. The maximum atomic E-state index is 12.6. The molecule has 2 atom stereocenters. The van der Waals surface area contributed by atoms with E-state index in [0.717, 1.165) is 5.56 Å². The SMILES string of the molecule is CN1C(=O)C[C@H](C(=O)NCc2ncn(C)n2)[C@H]1c1cccc(Cl)c1. The first-order valence-electron chi connectivity index (χ1n) is 7.59. The lowest BCUT2D eigenvalue weighted by Gasteiger charge is -2.25. The molecule has 1 aliphatic heterocycles. The Kier molecular flexibility index (Phi) is 4.53. The molecule has 3 rings (SSSR count). The van der Waals surface area contributed by atoms with Crippen LogP contribution >= 0.6 is 11.6 Å². The van der Waals surface area contributed by atoms with Crippen LogP contribution in [0.4, 0.5) is 0 Å². The van der Waals surface area contributed by atoms with Crippen molar-refractivity contribution in [1.29, 1.82) is 0 Å². The average molecular weight is 348 g/mol. The van der Waals surface area contributed by atoms with Gasteiger partial charge in [-0.15, -0.1) is 0 Å². The van der Waals surface area contributed by atoms with E-state index in [2.05, 4.69) is 15.4 Å². The van der Waals surface area contributed by atoms with E-state index in [-0.39, 0.29) is 30.8 Å². The summed E-state index contributed by atoms with van der Waals surface area (Å²) < 4.78 is 1.57. The zero-order chi connectivity index (χ0) is 17.3. The molecule has 0 unspecified atom stereocenters. The highest BCUT2D eigenvalue weighted by molar-refractivity contribution is 6.30. The Morgan fingerprint density at radius 2 is 2.21 bits per heavy atom. The van der Waals surface area contributed by atoms with Crippen molar-refractivity contribution in [2.24, 2.45) is 13.0 Å². The molecule has 1 saturated heterocycles. The molecule has 0 bridgehead atoms. The molecule has 1 aromatic heterocycles. The molecule has 24 heavy (non-hydrogen) atoms. The lowest BCUT2D eigenvalue weighted by atomic mass is 9.93. The second-order valence-corrected chi connectivity index (χ2v) is 6.30. The largest absolute Gasteiger partial charge is 0.348 e. The van der Waals surface area contributed by atoms with Crippen molar-refractivity contribution in [3.8, 4) is 0 Å². The minimum Gasteiger partial charge on any atom is -0.348 e. The maximum Gasteiger partial charge on any atom is 0.226 e. The first kappa shape index (κ1) is 16.4. The number of hydrogen-bond donors (Lipinski definition) is 1. The Bertz CT molecular complexity index is 775. The fraction of sp³-hybridized carbons (Fsp3) is 0.375. The molecule has 8 heteroatoms. The number of carbonyl (C=O) groups excluding carboxylic acids is 2. The van der Waals surface area contributed by atoms with Gasteiger partial charge in [0.2, 0.25) is 11.8 Å². The maximum absolute atomic E-state index is 12.6. The summed E-state index contributed by atoms with van der Waals surface area (Å²) in [5, 5.41) is 7.53. The number of rotatable bonds is 4. The standard InChI is InChI=1S/C16H18ClN5O2/c1-21-9-19-13(20-21)8-18-16(24)12-7-14(23)22(2)15(12)10-4-3-5-11(17)6-10/h3-6,9,12,15H,7-8H2,1-2H3,(H,18,24)/t12-,15+/m0/s1. The van der Waals surface area contributed by atoms with E-state index < -0.39 is 5.92 Å². The van der Waals surface area contributed by atoms with Gasteiger partial charge in [0.05, 0.1) is 18.5 Å². The van der Waals surface area contributed by atoms with E-state index in [1.54, 1.807) is 42.1 Å². The van der Waals surface area contributed by atoms with E-state index in [1.165, 1.54) is 0 Å². The number of nitrogens with one attached hydrogen (secondary N) is 1. The third-order valence-electron chi connectivity index (χ3n) is 4.18. The van der Waals surface area contributed by atoms with Crippen LogP contribution in [0, 0.1) is 5.92 Å². The summed E-state index contributed by atoms with van der Waals surface area (Å²) in [4.78, 5) is 30.4. The monoisotopic (exact) mass is 347 g/mol. The van der Waals surface area contributed by atoms with Crippen LogP contribution in [0.25, 0.3) is 0 Å². The topological polar surface area (TPSA) is 80.1 Å². The van der Waals surface area contributed by atoms with E-state index in [1.807, 2.05) is 12.1 Å². The predicted molar refractivity (Wildman–Crippen MR) is 87.9 cm³/mol. The van der Waals surface area contributed by atoms with Gasteiger partial charge in [-0.3, -0.25) is 14.3 Å². The van der Waals surface area contributed by atoms with Crippen LogP contribution < -0.4 is 5.32 Å². The van der Waals surface area contributed by atoms with E-state index >= 15 is 0 Å². The van der Waals surface area contributed by atoms with Gasteiger partial charge in [-0.1, -0.05) is 23.7 Å². The Morgan fingerprint density at radius 1 is 1.42 bits per heavy atom. The third kappa shape index (κ3) is 3.26. The number of aryl methyl sites for hydroxylation is 1. The molecule has 2 aromatic rings. The fourth-order valence-electron chi connectivity index (χ4n) is 3.01. The van der Waals surface area contributed by atoms with Gasteiger partial charge in [0.25, 0.3) is 0 Å². The Balaban J connectivity index is 1.76. The summed E-state index contributed by atoms with van der Waals surface area (Å²) >= 11 is 6.06. The molecule has 2 amide bonds. The summed E-state index contributed by atoms with van der Waals surface area (Å²) in [5.74, 6) is -0.186. The minimum atomic E-state index is -0.468. The smallest absolute Gasteiger partial charge is 0.226 e. The van der Waals surface area contributed by atoms with Gasteiger partial charge in [-0.05, 0) is 17.7 Å². The van der Waals surface area contributed by atoms with Crippen molar-refractivity contribution in [3.63, 3.8) is 0 Å². The molecule has 0 aliphatic carbocycles. The van der Waals surface area contributed by atoms with Crippen molar-refractivity contribution in [2.45, 2.75) is 19.0 Å². The normalized spacial score (nSPS) is 20.5. The molecule has 0 saturated carbocycles. The lowest BCUT2D eigenvalue weighted by Crippen LogP contribution is -2.34. The number of aromatic nitrogens is 3. The van der Waals surface area contributed by atoms with Crippen molar-refractivity contribution < 1.29 is 9.59 Å². The predicted octanol–water partition coefficient (Wildman–Crippen LogP) is 1.30. The summed E-state index contributed by atoms with van der Waals surface area (Å²) in [5.41, 5.74) is 0.854. The second-order valence-electron chi connectivity index (χ2n) is 5.87. The number of hydrogen-bond acceptors (Lipinski definition) is 4. The molecule has 1 fully saturated rings. The number of carbonyl (C=O) groups is 2. The summed E-state index contributed by atoms with van der Waals surface area (Å²) in [6, 6.07) is 6.94. The molecule has 126 valence electrons. The van der Waals surface area contributed by atoms with E-state index in [0.29, 0.717) is 10.8 Å². The fourth-order valence-corrected chi connectivity index (χ4v) is 3.21. The van der Waals surface area contributed by atoms with Crippen molar-refractivity contribution in [1.82, 2.24) is 25.0 Å². The first-order valence-corrected chi connectivity index (χ1v) is 7.97. The zero-order valence-electron chi connectivity index (χ0n) is 13.4. The van der Waals surface area contributed by atoms with Crippen LogP contribution in [0.2, 0.25) is 5.02 Å². The molecular weight excluding hydrogens is 330 g/mol. The average Bonchev–Trinajstić information content (AvgIpc) is 3.09. The van der Waals surface area contributed by atoms with Gasteiger partial charge in [-0.25, -0.2) is 4.98 Å². The van der Waals surface area contributed by atoms with Crippen LogP contribution in [-0.4, -0.2) is 38.5 Å². The molecule has 7 nitrogen and oxygen atoms in total. The third-order valence-corrected chi connectivity index (χ3v) is 4.42. The van der Waals surface area contributed by atoms with Gasteiger partial charge in [0, 0.05) is 25.5 Å². The summed E-state index contributed by atoms with van der Waals surface area (Å²) in [7, 11) is 3.47. The molecule has 1 aromatic carbocycles. The number of nitrogens with zero attached hydrogens (tertiary/aromatic N) is 4. The van der Waals surface area contributed by atoms with Crippen LogP contribution in [0.3, 0.4) is 0 Å².